The van der Waals surface area contributed by atoms with E-state index in [-0.39, 0.29) is 0 Å². The van der Waals surface area contributed by atoms with Crippen LogP contribution in [0.15, 0.2) is 46.9 Å². The van der Waals surface area contributed by atoms with E-state index in [1.54, 1.807) is 6.42 Å². The first kappa shape index (κ1) is 13.9. The fraction of sp³-hybridized carbons (Fsp3) is 0.524. The van der Waals surface area contributed by atoms with Crippen LogP contribution in [0.25, 0.3) is 11.3 Å². The number of quaternary nitrogens is 1. The van der Waals surface area contributed by atoms with Crippen LogP contribution in [0.4, 0.5) is 0 Å². The topological polar surface area (TPSA) is 29.8 Å². The molecule has 120 valence electrons. The number of nitrogens with two attached hydrogens (primary N) is 1. The third-order valence-corrected chi connectivity index (χ3v) is 6.61. The average molecular weight is 308 g/mol. The molecule has 0 amide bonds. The van der Waals surface area contributed by atoms with Crippen molar-refractivity contribution in [3.05, 3.63) is 48.2 Å². The molecule has 4 bridgehead atoms. The van der Waals surface area contributed by atoms with Crippen LogP contribution < -0.4 is 5.32 Å². The SMILES string of the molecule is c1ccc(-c2ccc(C[NH2+]C3C4CC5CC(C4)CC3C5)o2)cc1. The summed E-state index contributed by atoms with van der Waals surface area (Å²) in [6.45, 7) is 1.000. The van der Waals surface area contributed by atoms with Gasteiger partial charge in [-0.2, -0.15) is 0 Å². The molecule has 2 nitrogen and oxygen atoms in total. The lowest BCUT2D eigenvalue weighted by Gasteiger charge is -2.52. The molecule has 2 N–H and O–H groups in total. The number of hydrogen-bond donors (Lipinski definition) is 1. The molecule has 2 heteroatoms. The van der Waals surface area contributed by atoms with Crippen molar-refractivity contribution in [2.24, 2.45) is 23.7 Å². The maximum absolute atomic E-state index is 6.08. The summed E-state index contributed by atoms with van der Waals surface area (Å²) in [5, 5.41) is 2.60. The average Bonchev–Trinajstić information content (AvgIpc) is 3.03. The van der Waals surface area contributed by atoms with Gasteiger partial charge in [-0.05, 0) is 56.1 Å². The number of rotatable bonds is 4. The van der Waals surface area contributed by atoms with Crippen molar-refractivity contribution in [2.75, 3.05) is 0 Å². The van der Waals surface area contributed by atoms with Crippen LogP contribution in [0, 0.1) is 23.7 Å². The minimum Gasteiger partial charge on any atom is -0.455 e. The lowest BCUT2D eigenvalue weighted by Crippen LogP contribution is -2.93. The van der Waals surface area contributed by atoms with Gasteiger partial charge in [0.15, 0.2) is 5.76 Å². The smallest absolute Gasteiger partial charge is 0.158 e. The highest BCUT2D eigenvalue weighted by Crippen LogP contribution is 2.52. The zero-order chi connectivity index (χ0) is 15.2. The predicted molar refractivity (Wildman–Crippen MR) is 90.6 cm³/mol. The van der Waals surface area contributed by atoms with Gasteiger partial charge < -0.3 is 9.73 Å². The van der Waals surface area contributed by atoms with Crippen LogP contribution >= 0.6 is 0 Å². The van der Waals surface area contributed by atoms with Crippen LogP contribution in [-0.4, -0.2) is 6.04 Å². The number of furan rings is 1. The molecule has 4 fully saturated rings. The Kier molecular flexibility index (Phi) is 3.33. The largest absolute Gasteiger partial charge is 0.455 e. The fourth-order valence-corrected chi connectivity index (χ4v) is 5.85. The molecule has 4 aliphatic carbocycles. The van der Waals surface area contributed by atoms with Gasteiger partial charge in [-0.25, -0.2) is 0 Å². The van der Waals surface area contributed by atoms with Crippen LogP contribution in [0.5, 0.6) is 0 Å². The summed E-state index contributed by atoms with van der Waals surface area (Å²) in [4.78, 5) is 0. The standard InChI is InChI=1S/C21H25NO/c1-2-4-16(5-3-1)20-7-6-19(23-20)13-22-21-17-9-14-8-15(11-17)12-18(21)10-14/h1-7,14-15,17-18,21-22H,8-13H2/p+1. The first-order valence-corrected chi connectivity index (χ1v) is 9.32. The maximum atomic E-state index is 6.08. The van der Waals surface area contributed by atoms with Crippen molar-refractivity contribution < 1.29 is 9.73 Å². The molecule has 0 saturated heterocycles. The quantitative estimate of drug-likeness (QED) is 0.914. The molecule has 0 aliphatic heterocycles. The molecule has 1 aromatic heterocycles. The lowest BCUT2D eigenvalue weighted by molar-refractivity contribution is -0.724. The zero-order valence-corrected chi connectivity index (χ0v) is 13.7. The summed E-state index contributed by atoms with van der Waals surface area (Å²) in [6, 6.07) is 15.6. The summed E-state index contributed by atoms with van der Waals surface area (Å²) >= 11 is 0. The van der Waals surface area contributed by atoms with Crippen molar-refractivity contribution in [1.29, 1.82) is 0 Å². The van der Waals surface area contributed by atoms with Gasteiger partial charge in [-0.1, -0.05) is 30.3 Å². The Labute approximate surface area is 138 Å². The minimum atomic E-state index is 0.855. The molecule has 0 atom stereocenters. The second kappa shape index (κ2) is 5.52. The molecule has 0 spiro atoms. The van der Waals surface area contributed by atoms with Crippen molar-refractivity contribution in [2.45, 2.75) is 44.7 Å². The highest BCUT2D eigenvalue weighted by atomic mass is 16.3. The van der Waals surface area contributed by atoms with Gasteiger partial charge in [-0.15, -0.1) is 0 Å². The summed E-state index contributed by atoms with van der Waals surface area (Å²) in [6.07, 6.45) is 7.55. The minimum absolute atomic E-state index is 0.855. The molecule has 4 aliphatic rings. The molecule has 4 saturated carbocycles. The second-order valence-corrected chi connectivity index (χ2v) is 8.08. The van der Waals surface area contributed by atoms with Crippen LogP contribution in [0.1, 0.15) is 37.9 Å². The molecule has 1 aromatic carbocycles. The van der Waals surface area contributed by atoms with Gasteiger partial charge in [0.1, 0.15) is 12.3 Å². The zero-order valence-electron chi connectivity index (χ0n) is 13.7. The van der Waals surface area contributed by atoms with Gasteiger partial charge in [0.05, 0.1) is 6.04 Å². The molecule has 0 radical (unpaired) electrons. The second-order valence-electron chi connectivity index (χ2n) is 8.08. The van der Waals surface area contributed by atoms with Gasteiger partial charge in [0, 0.05) is 17.4 Å². The highest BCUT2D eigenvalue weighted by molar-refractivity contribution is 5.57. The van der Waals surface area contributed by atoms with E-state index in [4.69, 9.17) is 4.42 Å². The van der Waals surface area contributed by atoms with Gasteiger partial charge in [0.25, 0.3) is 0 Å². The molecular weight excluding hydrogens is 282 g/mol. The van der Waals surface area contributed by atoms with Crippen molar-refractivity contribution in [1.82, 2.24) is 0 Å². The summed E-state index contributed by atoms with van der Waals surface area (Å²) in [5.41, 5.74) is 1.17. The van der Waals surface area contributed by atoms with E-state index >= 15 is 0 Å². The Morgan fingerprint density at radius 1 is 0.826 bits per heavy atom. The predicted octanol–water partition coefficient (Wildman–Crippen LogP) is 3.83. The molecular formula is C21H26NO+. The van der Waals surface area contributed by atoms with Crippen molar-refractivity contribution >= 4 is 0 Å². The molecule has 1 heterocycles. The Hall–Kier alpha value is -1.54. The maximum Gasteiger partial charge on any atom is 0.158 e. The summed E-state index contributed by atoms with van der Waals surface area (Å²) in [5.74, 6) is 6.22. The summed E-state index contributed by atoms with van der Waals surface area (Å²) < 4.78 is 6.08. The van der Waals surface area contributed by atoms with E-state index in [0.717, 1.165) is 47.8 Å². The Balaban J connectivity index is 1.26. The van der Waals surface area contributed by atoms with Gasteiger partial charge >= 0.3 is 0 Å². The highest BCUT2D eigenvalue weighted by Gasteiger charge is 2.50. The first-order valence-electron chi connectivity index (χ1n) is 9.32. The third kappa shape index (κ3) is 2.53. The normalized spacial score (nSPS) is 34.9. The molecule has 23 heavy (non-hydrogen) atoms. The monoisotopic (exact) mass is 308 g/mol. The van der Waals surface area contributed by atoms with Gasteiger partial charge in [0.2, 0.25) is 0 Å². The van der Waals surface area contributed by atoms with Crippen LogP contribution in [0.2, 0.25) is 0 Å². The Morgan fingerprint density at radius 2 is 1.52 bits per heavy atom. The first-order chi connectivity index (χ1) is 11.3. The summed E-state index contributed by atoms with van der Waals surface area (Å²) in [7, 11) is 0. The van der Waals surface area contributed by atoms with Gasteiger partial charge in [-0.3, -0.25) is 0 Å². The van der Waals surface area contributed by atoms with E-state index in [9.17, 15) is 0 Å². The van der Waals surface area contributed by atoms with Crippen LogP contribution in [0.3, 0.4) is 0 Å². The van der Waals surface area contributed by atoms with Crippen molar-refractivity contribution in [3.8, 4) is 11.3 Å². The van der Waals surface area contributed by atoms with E-state index < -0.39 is 0 Å². The Bertz CT molecular complexity index is 646. The fourth-order valence-electron chi connectivity index (χ4n) is 5.85. The van der Waals surface area contributed by atoms with E-state index in [0.29, 0.717) is 0 Å². The van der Waals surface area contributed by atoms with Crippen LogP contribution in [-0.2, 0) is 6.54 Å². The molecule has 0 unspecified atom stereocenters. The van der Waals surface area contributed by atoms with E-state index in [2.05, 4.69) is 41.7 Å². The number of benzene rings is 1. The van der Waals surface area contributed by atoms with E-state index in [1.807, 2.05) is 6.07 Å². The third-order valence-electron chi connectivity index (χ3n) is 6.61. The molecule has 6 rings (SSSR count). The van der Waals surface area contributed by atoms with Crippen molar-refractivity contribution in [3.63, 3.8) is 0 Å². The molecule has 2 aromatic rings. The Morgan fingerprint density at radius 3 is 2.22 bits per heavy atom. The number of hydrogen-bond acceptors (Lipinski definition) is 1. The lowest BCUT2D eigenvalue weighted by atomic mass is 9.54. The van der Waals surface area contributed by atoms with E-state index in [1.165, 1.54) is 31.2 Å².